The van der Waals surface area contributed by atoms with Gasteiger partial charge in [0.25, 0.3) is 11.8 Å². The van der Waals surface area contributed by atoms with Gasteiger partial charge in [-0.1, -0.05) is 5.16 Å². The van der Waals surface area contributed by atoms with Gasteiger partial charge in [0.05, 0.1) is 19.3 Å². The smallest absolute Gasteiger partial charge is 0.292 e. The van der Waals surface area contributed by atoms with Gasteiger partial charge in [0.1, 0.15) is 11.7 Å². The fourth-order valence-electron chi connectivity index (χ4n) is 3.64. The molecule has 0 saturated carbocycles. The van der Waals surface area contributed by atoms with Crippen molar-refractivity contribution in [1.82, 2.24) is 15.0 Å². The Kier molecular flexibility index (Phi) is 3.18. The predicted octanol–water partition coefficient (Wildman–Crippen LogP) is 0.671. The molecular weight excluding hydrogens is 286 g/mol. The van der Waals surface area contributed by atoms with Crippen LogP contribution in [0.25, 0.3) is 0 Å². The first-order valence-electron chi connectivity index (χ1n) is 7.83. The fourth-order valence-corrected chi connectivity index (χ4v) is 3.64. The van der Waals surface area contributed by atoms with Crippen molar-refractivity contribution in [1.29, 1.82) is 0 Å². The van der Waals surface area contributed by atoms with Crippen molar-refractivity contribution in [2.45, 2.75) is 37.4 Å². The largest absolute Gasteiger partial charge is 0.358 e. The van der Waals surface area contributed by atoms with Crippen LogP contribution in [0.3, 0.4) is 0 Å². The summed E-state index contributed by atoms with van der Waals surface area (Å²) in [6.45, 7) is 2.75. The van der Waals surface area contributed by atoms with Gasteiger partial charge in [0.15, 0.2) is 0 Å². The van der Waals surface area contributed by atoms with Gasteiger partial charge < -0.3 is 19.1 Å². The first kappa shape index (κ1) is 13.8. The number of hydrogen-bond acceptors (Lipinski definition) is 5. The van der Waals surface area contributed by atoms with Crippen LogP contribution >= 0.6 is 0 Å². The zero-order chi connectivity index (χ0) is 15.2. The molecule has 2 amide bonds. The monoisotopic (exact) mass is 305 g/mol. The lowest BCUT2D eigenvalue weighted by Gasteiger charge is -2.46. The molecule has 118 valence electrons. The minimum Gasteiger partial charge on any atom is -0.358 e. The lowest BCUT2D eigenvalue weighted by atomic mass is 9.90. The van der Waals surface area contributed by atoms with Gasteiger partial charge in [-0.2, -0.15) is 0 Å². The predicted molar refractivity (Wildman–Crippen MR) is 75.1 cm³/mol. The third kappa shape index (κ3) is 2.20. The van der Waals surface area contributed by atoms with Crippen LogP contribution in [-0.2, 0) is 9.53 Å². The van der Waals surface area contributed by atoms with Crippen molar-refractivity contribution in [2.24, 2.45) is 0 Å². The Morgan fingerprint density at radius 3 is 2.68 bits per heavy atom. The molecule has 0 N–H and O–H groups in total. The first-order chi connectivity index (χ1) is 10.7. The third-order valence-electron chi connectivity index (χ3n) is 4.84. The van der Waals surface area contributed by atoms with Crippen LogP contribution in [0.1, 0.15) is 36.2 Å². The van der Waals surface area contributed by atoms with Gasteiger partial charge in [-0.3, -0.25) is 9.59 Å². The molecule has 1 aromatic heterocycles. The Morgan fingerprint density at radius 1 is 1.23 bits per heavy atom. The molecule has 1 atom stereocenters. The minimum atomic E-state index is -0.338. The maximum Gasteiger partial charge on any atom is 0.292 e. The number of rotatable bonds is 2. The Bertz CT molecular complexity index is 574. The second-order valence-electron chi connectivity index (χ2n) is 6.40. The summed E-state index contributed by atoms with van der Waals surface area (Å²) in [6.07, 6.45) is 4.88. The third-order valence-corrected chi connectivity index (χ3v) is 4.84. The highest BCUT2D eigenvalue weighted by molar-refractivity contribution is 5.92. The Labute approximate surface area is 128 Å². The molecule has 0 unspecified atom stereocenters. The van der Waals surface area contributed by atoms with Crippen LogP contribution in [0.15, 0.2) is 16.8 Å². The fraction of sp³-hybridized carbons (Fsp3) is 0.667. The molecule has 1 spiro atoms. The summed E-state index contributed by atoms with van der Waals surface area (Å²) in [5.41, 5.74) is -0.338. The van der Waals surface area contributed by atoms with Gasteiger partial charge in [0, 0.05) is 19.2 Å². The summed E-state index contributed by atoms with van der Waals surface area (Å²) >= 11 is 0. The van der Waals surface area contributed by atoms with E-state index in [1.54, 1.807) is 11.0 Å². The highest BCUT2D eigenvalue weighted by atomic mass is 16.5. The van der Waals surface area contributed by atoms with Gasteiger partial charge in [-0.25, -0.2) is 0 Å². The van der Waals surface area contributed by atoms with E-state index in [-0.39, 0.29) is 29.3 Å². The van der Waals surface area contributed by atoms with Gasteiger partial charge in [-0.15, -0.1) is 0 Å². The standard InChI is InChI=1S/C15H19N3O4/c19-13(17-7-1-2-8-17)11-3-5-15(21-11)9-18(10-15)14(20)12-4-6-16-22-12/h4,6,11H,1-3,5,7-10H2/t11-/m1/s1. The molecule has 1 aromatic rings. The highest BCUT2D eigenvalue weighted by Crippen LogP contribution is 2.39. The van der Waals surface area contributed by atoms with Crippen LogP contribution in [0.5, 0.6) is 0 Å². The van der Waals surface area contributed by atoms with E-state index in [4.69, 9.17) is 9.26 Å². The number of carbonyl (C=O) groups is 2. The van der Waals surface area contributed by atoms with Crippen LogP contribution in [0, 0.1) is 0 Å². The minimum absolute atomic E-state index is 0.120. The van der Waals surface area contributed by atoms with Crippen LogP contribution < -0.4 is 0 Å². The van der Waals surface area contributed by atoms with E-state index >= 15 is 0 Å². The molecule has 3 aliphatic heterocycles. The van der Waals surface area contributed by atoms with Crippen molar-refractivity contribution in [3.8, 4) is 0 Å². The van der Waals surface area contributed by atoms with Crippen molar-refractivity contribution >= 4 is 11.8 Å². The zero-order valence-corrected chi connectivity index (χ0v) is 12.4. The summed E-state index contributed by atoms with van der Waals surface area (Å²) in [6, 6.07) is 1.56. The van der Waals surface area contributed by atoms with E-state index in [1.807, 2.05) is 4.90 Å². The molecule has 7 heteroatoms. The van der Waals surface area contributed by atoms with E-state index in [0.29, 0.717) is 13.1 Å². The molecule has 3 saturated heterocycles. The van der Waals surface area contributed by atoms with Crippen LogP contribution in [0.4, 0.5) is 0 Å². The van der Waals surface area contributed by atoms with E-state index in [9.17, 15) is 9.59 Å². The summed E-state index contributed by atoms with van der Waals surface area (Å²) in [7, 11) is 0. The normalized spacial score (nSPS) is 26.5. The number of ether oxygens (including phenoxy) is 1. The second-order valence-corrected chi connectivity index (χ2v) is 6.40. The van der Waals surface area contributed by atoms with E-state index < -0.39 is 0 Å². The van der Waals surface area contributed by atoms with E-state index in [0.717, 1.165) is 38.8 Å². The van der Waals surface area contributed by atoms with Crippen molar-refractivity contribution in [2.75, 3.05) is 26.2 Å². The lowest BCUT2D eigenvalue weighted by molar-refractivity contribution is -0.158. The molecule has 4 rings (SSSR count). The quantitative estimate of drug-likeness (QED) is 0.803. The average molecular weight is 305 g/mol. The molecule has 3 aliphatic rings. The average Bonchev–Trinajstić information content (AvgIpc) is 3.24. The number of likely N-dealkylation sites (tertiary alicyclic amines) is 2. The lowest BCUT2D eigenvalue weighted by Crippen LogP contribution is -2.63. The first-order valence-corrected chi connectivity index (χ1v) is 7.83. The molecule has 0 bridgehead atoms. The Hall–Kier alpha value is -1.89. The summed E-state index contributed by atoms with van der Waals surface area (Å²) in [5, 5.41) is 3.55. The van der Waals surface area contributed by atoms with Gasteiger partial charge >= 0.3 is 0 Å². The topological polar surface area (TPSA) is 75.9 Å². The zero-order valence-electron chi connectivity index (χ0n) is 12.4. The van der Waals surface area contributed by atoms with Crippen molar-refractivity contribution < 1.29 is 18.8 Å². The number of carbonyl (C=O) groups excluding carboxylic acids is 2. The van der Waals surface area contributed by atoms with E-state index in [2.05, 4.69) is 5.16 Å². The van der Waals surface area contributed by atoms with Crippen LogP contribution in [0.2, 0.25) is 0 Å². The Morgan fingerprint density at radius 2 is 2.00 bits per heavy atom. The van der Waals surface area contributed by atoms with Crippen LogP contribution in [-0.4, -0.2) is 64.7 Å². The second kappa shape index (κ2) is 5.08. The number of amides is 2. The molecule has 4 heterocycles. The van der Waals surface area contributed by atoms with E-state index in [1.165, 1.54) is 6.20 Å². The van der Waals surface area contributed by atoms with Crippen molar-refractivity contribution in [3.63, 3.8) is 0 Å². The van der Waals surface area contributed by atoms with Crippen molar-refractivity contribution in [3.05, 3.63) is 18.0 Å². The maximum atomic E-state index is 12.4. The molecule has 7 nitrogen and oxygen atoms in total. The molecule has 3 fully saturated rings. The summed E-state index contributed by atoms with van der Waals surface area (Å²) in [4.78, 5) is 28.1. The maximum absolute atomic E-state index is 12.4. The SMILES string of the molecule is O=C(c1ccno1)N1CC2(CC[C@H](C(=O)N3CCCC3)O2)C1. The molecule has 0 aliphatic carbocycles. The van der Waals surface area contributed by atoms with Gasteiger partial charge in [0.2, 0.25) is 5.76 Å². The highest BCUT2D eigenvalue weighted by Gasteiger charge is 2.53. The number of hydrogen-bond donors (Lipinski definition) is 0. The Balaban J connectivity index is 1.34. The molecular formula is C15H19N3O4. The molecule has 0 aromatic carbocycles. The molecule has 0 radical (unpaired) electrons. The molecule has 22 heavy (non-hydrogen) atoms. The van der Waals surface area contributed by atoms with Gasteiger partial charge in [-0.05, 0) is 25.7 Å². The summed E-state index contributed by atoms with van der Waals surface area (Å²) < 4.78 is 10.9. The number of nitrogens with zero attached hydrogens (tertiary/aromatic N) is 3. The number of aromatic nitrogens is 1. The summed E-state index contributed by atoms with van der Waals surface area (Å²) in [5.74, 6) is 0.202.